The van der Waals surface area contributed by atoms with Gasteiger partial charge in [-0.05, 0) is 57.2 Å². The van der Waals surface area contributed by atoms with Crippen LogP contribution < -0.4 is 10.0 Å². The molecule has 0 atom stereocenters. The summed E-state index contributed by atoms with van der Waals surface area (Å²) in [6, 6.07) is 7.44. The zero-order valence-electron chi connectivity index (χ0n) is 12.1. The highest BCUT2D eigenvalue weighted by molar-refractivity contribution is 7.89. The molecule has 1 saturated heterocycles. The Labute approximate surface area is 121 Å². The number of hydrogen-bond acceptors (Lipinski definition) is 4. The fourth-order valence-electron chi connectivity index (χ4n) is 2.39. The van der Waals surface area contributed by atoms with E-state index in [0.29, 0.717) is 17.5 Å². The second-order valence-electron chi connectivity index (χ2n) is 5.25. The fraction of sp³-hybridized carbons (Fsp3) is 0.571. The number of sulfonamides is 1. The van der Waals surface area contributed by atoms with Gasteiger partial charge in [-0.2, -0.15) is 0 Å². The van der Waals surface area contributed by atoms with Gasteiger partial charge in [-0.1, -0.05) is 6.92 Å². The molecule has 0 spiro atoms. The predicted octanol–water partition coefficient (Wildman–Crippen LogP) is 1.49. The molecule has 0 saturated carbocycles. The predicted molar refractivity (Wildman–Crippen MR) is 81.4 cm³/mol. The molecule has 0 bridgehead atoms. The molecule has 6 heteroatoms. The van der Waals surface area contributed by atoms with E-state index < -0.39 is 10.0 Å². The van der Waals surface area contributed by atoms with E-state index in [1.54, 1.807) is 19.1 Å². The number of nitrogens with zero attached hydrogens (tertiary/aromatic N) is 1. The molecule has 0 aromatic heterocycles. The van der Waals surface area contributed by atoms with E-state index in [0.717, 1.165) is 31.6 Å². The first-order valence-corrected chi connectivity index (χ1v) is 8.54. The summed E-state index contributed by atoms with van der Waals surface area (Å²) in [5, 5.41) is 3.47. The summed E-state index contributed by atoms with van der Waals surface area (Å²) in [4.78, 5) is 2.64. The summed E-state index contributed by atoms with van der Waals surface area (Å²) >= 11 is 0. The van der Waals surface area contributed by atoms with Crippen molar-refractivity contribution in [1.82, 2.24) is 9.62 Å². The molecule has 1 aromatic rings. The average Bonchev–Trinajstić information content (AvgIpc) is 2.42. The third-order valence-electron chi connectivity index (χ3n) is 3.59. The molecule has 1 fully saturated rings. The molecule has 2 rings (SSSR count). The quantitative estimate of drug-likeness (QED) is 0.864. The van der Waals surface area contributed by atoms with Crippen LogP contribution in [-0.4, -0.2) is 46.0 Å². The monoisotopic (exact) mass is 297 g/mol. The zero-order chi connectivity index (χ0) is 14.6. The van der Waals surface area contributed by atoms with Crippen LogP contribution in [0.15, 0.2) is 29.2 Å². The number of likely N-dealkylation sites (tertiary alicyclic amines) is 1. The van der Waals surface area contributed by atoms with Crippen molar-refractivity contribution in [2.45, 2.75) is 30.7 Å². The van der Waals surface area contributed by atoms with E-state index in [2.05, 4.69) is 22.0 Å². The lowest BCUT2D eigenvalue weighted by molar-refractivity contribution is 0.264. The van der Waals surface area contributed by atoms with E-state index in [9.17, 15) is 8.42 Å². The van der Waals surface area contributed by atoms with Crippen LogP contribution in [0.4, 0.5) is 5.69 Å². The third kappa shape index (κ3) is 3.94. The van der Waals surface area contributed by atoms with Crippen LogP contribution >= 0.6 is 0 Å². The van der Waals surface area contributed by atoms with Crippen LogP contribution in [-0.2, 0) is 10.0 Å². The summed E-state index contributed by atoms with van der Waals surface area (Å²) in [6.07, 6.45) is 2.24. The topological polar surface area (TPSA) is 61.4 Å². The smallest absolute Gasteiger partial charge is 0.240 e. The van der Waals surface area contributed by atoms with Crippen molar-refractivity contribution < 1.29 is 8.42 Å². The van der Waals surface area contributed by atoms with Crippen LogP contribution in [0.1, 0.15) is 19.8 Å². The number of anilines is 1. The van der Waals surface area contributed by atoms with Crippen LogP contribution in [0.3, 0.4) is 0 Å². The van der Waals surface area contributed by atoms with Crippen LogP contribution in [0.5, 0.6) is 0 Å². The molecule has 0 amide bonds. The number of hydrogen-bond donors (Lipinski definition) is 2. The molecular weight excluding hydrogens is 274 g/mol. The Morgan fingerprint density at radius 3 is 2.35 bits per heavy atom. The molecule has 0 radical (unpaired) electrons. The number of rotatable bonds is 5. The maximum atomic E-state index is 11.8. The van der Waals surface area contributed by atoms with Crippen molar-refractivity contribution in [2.24, 2.45) is 0 Å². The van der Waals surface area contributed by atoms with Gasteiger partial charge in [-0.3, -0.25) is 0 Å². The molecule has 0 unspecified atom stereocenters. The lowest BCUT2D eigenvalue weighted by Gasteiger charge is -2.30. The molecule has 0 aliphatic carbocycles. The first-order valence-electron chi connectivity index (χ1n) is 7.06. The molecule has 5 nitrogen and oxygen atoms in total. The first-order chi connectivity index (χ1) is 9.51. The zero-order valence-corrected chi connectivity index (χ0v) is 12.9. The van der Waals surface area contributed by atoms with Gasteiger partial charge in [0.25, 0.3) is 0 Å². The van der Waals surface area contributed by atoms with Crippen molar-refractivity contribution in [2.75, 3.05) is 32.0 Å². The minimum atomic E-state index is -3.35. The van der Waals surface area contributed by atoms with Gasteiger partial charge < -0.3 is 10.2 Å². The van der Waals surface area contributed by atoms with E-state index >= 15 is 0 Å². The molecule has 112 valence electrons. The maximum absolute atomic E-state index is 11.8. The molecular formula is C14H23N3O2S. The van der Waals surface area contributed by atoms with E-state index in [-0.39, 0.29) is 0 Å². The highest BCUT2D eigenvalue weighted by atomic mass is 32.2. The number of nitrogens with one attached hydrogen (secondary N) is 2. The van der Waals surface area contributed by atoms with Crippen molar-refractivity contribution >= 4 is 15.7 Å². The van der Waals surface area contributed by atoms with Crippen LogP contribution in [0.25, 0.3) is 0 Å². The van der Waals surface area contributed by atoms with Gasteiger partial charge in [0, 0.05) is 18.3 Å². The number of piperidine rings is 1. The Hall–Kier alpha value is -1.11. The highest BCUT2D eigenvalue weighted by Crippen LogP contribution is 2.18. The Morgan fingerprint density at radius 2 is 1.80 bits per heavy atom. The van der Waals surface area contributed by atoms with Crippen molar-refractivity contribution in [1.29, 1.82) is 0 Å². The Balaban J connectivity index is 1.98. The van der Waals surface area contributed by atoms with Crippen LogP contribution in [0.2, 0.25) is 0 Å². The summed E-state index contributed by atoms with van der Waals surface area (Å²) in [5.41, 5.74) is 0.981. The summed E-state index contributed by atoms with van der Waals surface area (Å²) in [5.74, 6) is 0. The largest absolute Gasteiger partial charge is 0.382 e. The normalized spacial score (nSPS) is 18.1. The lowest BCUT2D eigenvalue weighted by atomic mass is 10.1. The first kappa shape index (κ1) is 15.3. The molecule has 1 heterocycles. The molecule has 1 aromatic carbocycles. The van der Waals surface area contributed by atoms with Crippen molar-refractivity contribution in [3.05, 3.63) is 24.3 Å². The molecule has 1 aliphatic rings. The minimum Gasteiger partial charge on any atom is -0.382 e. The van der Waals surface area contributed by atoms with Gasteiger partial charge in [0.1, 0.15) is 0 Å². The van der Waals surface area contributed by atoms with Gasteiger partial charge in [0.05, 0.1) is 4.90 Å². The van der Waals surface area contributed by atoms with Gasteiger partial charge in [0.15, 0.2) is 0 Å². The highest BCUT2D eigenvalue weighted by Gasteiger charge is 2.17. The standard InChI is InChI=1S/C14H23N3O2S/c1-3-15-20(18,19)14-6-4-12(5-7-14)16-13-8-10-17(2)11-9-13/h4-7,13,15-16H,3,8-11H2,1-2H3. The fourth-order valence-corrected chi connectivity index (χ4v) is 3.43. The average molecular weight is 297 g/mol. The van der Waals surface area contributed by atoms with E-state index in [4.69, 9.17) is 0 Å². The summed E-state index contributed by atoms with van der Waals surface area (Å²) in [7, 11) is -1.22. The Bertz CT molecular complexity index is 520. The van der Waals surface area contributed by atoms with Gasteiger partial charge in [-0.25, -0.2) is 13.1 Å². The molecule has 2 N–H and O–H groups in total. The summed E-state index contributed by atoms with van der Waals surface area (Å²) in [6.45, 7) is 4.38. The Kier molecular flexibility index (Phi) is 5.01. The second-order valence-corrected chi connectivity index (χ2v) is 7.01. The van der Waals surface area contributed by atoms with Crippen molar-refractivity contribution in [3.8, 4) is 0 Å². The maximum Gasteiger partial charge on any atom is 0.240 e. The van der Waals surface area contributed by atoms with E-state index in [1.165, 1.54) is 0 Å². The Morgan fingerprint density at radius 1 is 1.20 bits per heavy atom. The third-order valence-corrected chi connectivity index (χ3v) is 5.15. The van der Waals surface area contributed by atoms with Gasteiger partial charge in [0.2, 0.25) is 10.0 Å². The lowest BCUT2D eigenvalue weighted by Crippen LogP contribution is -2.36. The van der Waals surface area contributed by atoms with Gasteiger partial charge in [-0.15, -0.1) is 0 Å². The van der Waals surface area contributed by atoms with E-state index in [1.807, 2.05) is 12.1 Å². The van der Waals surface area contributed by atoms with Gasteiger partial charge >= 0.3 is 0 Å². The molecule has 1 aliphatic heterocycles. The second kappa shape index (κ2) is 6.56. The molecule has 20 heavy (non-hydrogen) atoms. The number of benzene rings is 1. The minimum absolute atomic E-state index is 0.313. The van der Waals surface area contributed by atoms with Crippen molar-refractivity contribution in [3.63, 3.8) is 0 Å². The summed E-state index contributed by atoms with van der Waals surface area (Å²) < 4.78 is 26.2. The van der Waals surface area contributed by atoms with Crippen LogP contribution in [0, 0.1) is 0 Å². The SMILES string of the molecule is CCNS(=O)(=O)c1ccc(NC2CCN(C)CC2)cc1.